The van der Waals surface area contributed by atoms with E-state index in [1.54, 1.807) is 0 Å². The van der Waals surface area contributed by atoms with Gasteiger partial charge in [0.05, 0.1) is 24.6 Å². The van der Waals surface area contributed by atoms with Gasteiger partial charge in [0, 0.05) is 24.0 Å². The van der Waals surface area contributed by atoms with Crippen LogP contribution in [-0.2, 0) is 4.74 Å². The number of hydrogen-bond acceptors (Lipinski definition) is 5. The smallest absolute Gasteiger partial charge is 0.347 e. The lowest BCUT2D eigenvalue weighted by atomic mass is 10.1. The van der Waals surface area contributed by atoms with Gasteiger partial charge in [0.1, 0.15) is 22.9 Å². The number of nitrogens with one attached hydrogen (secondary N) is 2. The van der Waals surface area contributed by atoms with Crippen LogP contribution in [0.2, 0.25) is 0 Å². The molecule has 2 aromatic heterocycles. The van der Waals surface area contributed by atoms with E-state index in [0.717, 1.165) is 17.2 Å². The summed E-state index contributed by atoms with van der Waals surface area (Å²) in [4.78, 5) is 43.8. The highest BCUT2D eigenvalue weighted by atomic mass is 19.4. The first-order valence-corrected chi connectivity index (χ1v) is 11.3. The highest BCUT2D eigenvalue weighted by Gasteiger charge is 2.31. The number of rotatable bonds is 7. The zero-order valence-corrected chi connectivity index (χ0v) is 20.0. The van der Waals surface area contributed by atoms with E-state index >= 15 is 0 Å². The van der Waals surface area contributed by atoms with Gasteiger partial charge in [0.2, 0.25) is 5.43 Å². The first-order chi connectivity index (χ1) is 18.3. The van der Waals surface area contributed by atoms with Crippen molar-refractivity contribution in [1.29, 1.82) is 0 Å². The molecule has 1 fully saturated rings. The first-order valence-electron chi connectivity index (χ1n) is 11.3. The molecule has 0 radical (unpaired) electrons. The fourth-order valence-electron chi connectivity index (χ4n) is 3.87. The third-order valence-electron chi connectivity index (χ3n) is 5.73. The van der Waals surface area contributed by atoms with Gasteiger partial charge in [-0.25, -0.2) is 22.9 Å². The van der Waals surface area contributed by atoms with Gasteiger partial charge in [-0.1, -0.05) is 13.5 Å². The maximum absolute atomic E-state index is 14.8. The molecule has 1 unspecified atom stereocenters. The predicted molar refractivity (Wildman–Crippen MR) is 126 cm³/mol. The molecule has 0 bridgehead atoms. The van der Waals surface area contributed by atoms with Gasteiger partial charge < -0.3 is 10.6 Å². The van der Waals surface area contributed by atoms with Gasteiger partial charge in [-0.15, -0.1) is 13.2 Å². The van der Waals surface area contributed by atoms with E-state index in [1.807, 2.05) is 0 Å². The van der Waals surface area contributed by atoms with Crippen molar-refractivity contribution in [2.45, 2.75) is 25.7 Å². The summed E-state index contributed by atoms with van der Waals surface area (Å²) in [6.45, 7) is 4.14. The lowest BCUT2D eigenvalue weighted by molar-refractivity contribution is -0.326. The molecule has 1 aliphatic heterocycles. The number of anilines is 1. The molecule has 4 rings (SSSR count). The molecule has 2 N–H and O–H groups in total. The third-order valence-corrected chi connectivity index (χ3v) is 5.73. The summed E-state index contributed by atoms with van der Waals surface area (Å²) in [6.07, 6.45) is -4.25. The van der Waals surface area contributed by atoms with E-state index in [4.69, 9.17) is 0 Å². The van der Waals surface area contributed by atoms with E-state index < -0.39 is 70.7 Å². The second-order valence-corrected chi connectivity index (χ2v) is 8.46. The highest BCUT2D eigenvalue weighted by molar-refractivity contribution is 5.99. The third kappa shape index (κ3) is 5.72. The number of amides is 3. The quantitative estimate of drug-likeness (QED) is 0.431. The molecular weight excluding hydrogens is 536 g/mol. The van der Waals surface area contributed by atoms with Crippen LogP contribution in [0.3, 0.4) is 0 Å². The van der Waals surface area contributed by atoms with Crippen LogP contribution in [0.5, 0.6) is 0 Å². The maximum atomic E-state index is 14.8. The average Bonchev–Trinajstić information content (AvgIpc) is 3.19. The molecule has 3 aromatic rings. The Bertz CT molecular complexity index is 1530. The van der Waals surface area contributed by atoms with Crippen LogP contribution in [0.25, 0.3) is 16.7 Å². The normalized spacial score (nSPS) is 14.6. The molecule has 3 amide bonds. The number of fused-ring (bicyclic) bond motifs is 1. The summed E-state index contributed by atoms with van der Waals surface area (Å²) >= 11 is 0. The summed E-state index contributed by atoms with van der Waals surface area (Å²) in [7, 11) is 0. The zero-order chi connectivity index (χ0) is 28.6. The Morgan fingerprint density at radius 3 is 2.44 bits per heavy atom. The van der Waals surface area contributed by atoms with Crippen molar-refractivity contribution in [1.82, 2.24) is 20.2 Å². The Morgan fingerprint density at radius 1 is 1.21 bits per heavy atom. The topological polar surface area (TPSA) is 106 Å². The summed E-state index contributed by atoms with van der Waals surface area (Å²) < 4.78 is 85.1. The minimum Gasteiger partial charge on any atom is -0.347 e. The Hall–Kier alpha value is -4.40. The Balaban J connectivity index is 1.88. The standard InChI is InChI=1S/C24H19F6N5O4/c1-3-13(10-39-24(28,29)30)32-22(37)15-9-35(19-16(26)6-12(25)7-17(19)27)21-14(20(15)36)4-5-18(33-21)34-8-11(2)31-23(34)38/h4-7,9,13H,2-3,8,10H2,1H3,(H,31,38)(H,32,37). The molecule has 3 heterocycles. The van der Waals surface area contributed by atoms with Crippen LogP contribution in [0.4, 0.5) is 37.0 Å². The fraction of sp³-hybridized carbons (Fsp3) is 0.250. The number of halogens is 6. The van der Waals surface area contributed by atoms with Crippen molar-refractivity contribution in [2.24, 2.45) is 0 Å². The molecule has 206 valence electrons. The van der Waals surface area contributed by atoms with Gasteiger partial charge in [0.25, 0.3) is 5.91 Å². The zero-order valence-electron chi connectivity index (χ0n) is 20.0. The Morgan fingerprint density at radius 2 is 1.87 bits per heavy atom. The second kappa shape index (κ2) is 10.4. The number of carbonyl (C=O) groups is 2. The van der Waals surface area contributed by atoms with Gasteiger partial charge in [-0.3, -0.25) is 23.8 Å². The molecule has 1 aromatic carbocycles. The van der Waals surface area contributed by atoms with Crippen molar-refractivity contribution in [3.63, 3.8) is 0 Å². The summed E-state index contributed by atoms with van der Waals surface area (Å²) in [6, 6.07) is 1.35. The first kappa shape index (κ1) is 27.6. The monoisotopic (exact) mass is 555 g/mol. The van der Waals surface area contributed by atoms with Crippen LogP contribution < -0.4 is 21.0 Å². The minimum atomic E-state index is -4.96. The lowest BCUT2D eigenvalue weighted by Crippen LogP contribution is -2.41. The number of urea groups is 1. The van der Waals surface area contributed by atoms with E-state index in [9.17, 15) is 40.7 Å². The van der Waals surface area contributed by atoms with Crippen molar-refractivity contribution >= 4 is 28.8 Å². The fourth-order valence-corrected chi connectivity index (χ4v) is 3.87. The van der Waals surface area contributed by atoms with Crippen molar-refractivity contribution in [3.8, 4) is 5.69 Å². The molecule has 9 nitrogen and oxygen atoms in total. The van der Waals surface area contributed by atoms with Crippen LogP contribution in [0.1, 0.15) is 23.7 Å². The number of nitrogens with zero attached hydrogens (tertiary/aromatic N) is 3. The Kier molecular flexibility index (Phi) is 7.37. The van der Waals surface area contributed by atoms with Crippen LogP contribution in [0, 0.1) is 17.5 Å². The number of pyridine rings is 2. The Labute approximate surface area is 215 Å². The molecule has 0 aliphatic carbocycles. The van der Waals surface area contributed by atoms with Crippen molar-refractivity contribution in [2.75, 3.05) is 18.1 Å². The van der Waals surface area contributed by atoms with E-state index in [0.29, 0.717) is 22.4 Å². The van der Waals surface area contributed by atoms with Crippen LogP contribution >= 0.6 is 0 Å². The molecule has 0 spiro atoms. The van der Waals surface area contributed by atoms with Crippen LogP contribution in [0.15, 0.2) is 47.5 Å². The summed E-state index contributed by atoms with van der Waals surface area (Å²) in [5.41, 5.74) is -2.62. The molecule has 1 atom stereocenters. The number of alkyl halides is 3. The number of carbonyl (C=O) groups excluding carboxylic acids is 2. The van der Waals surface area contributed by atoms with Gasteiger partial charge in [-0.05, 0) is 18.6 Å². The maximum Gasteiger partial charge on any atom is 0.522 e. The minimum absolute atomic E-state index is 0.000263. The molecule has 0 saturated carbocycles. The number of hydrogen-bond donors (Lipinski definition) is 2. The van der Waals surface area contributed by atoms with E-state index in [2.05, 4.69) is 26.9 Å². The molecular formula is C24H19F6N5O4. The summed E-state index contributed by atoms with van der Waals surface area (Å²) in [5.74, 6) is -5.26. The van der Waals surface area contributed by atoms with Gasteiger partial charge in [-0.2, -0.15) is 0 Å². The molecule has 1 aliphatic rings. The van der Waals surface area contributed by atoms with Crippen molar-refractivity contribution < 1.29 is 40.7 Å². The second-order valence-electron chi connectivity index (χ2n) is 8.46. The SMILES string of the molecule is C=C1CN(c2ccc3c(=O)c(C(=O)NC(CC)COC(F)(F)F)cn(-c4c(F)cc(F)cc4F)c3n2)C(=O)N1. The predicted octanol–water partition coefficient (Wildman–Crippen LogP) is 3.89. The average molecular weight is 555 g/mol. The largest absolute Gasteiger partial charge is 0.522 e. The van der Waals surface area contributed by atoms with E-state index in [1.165, 1.54) is 13.0 Å². The molecule has 39 heavy (non-hydrogen) atoms. The van der Waals surface area contributed by atoms with Gasteiger partial charge >= 0.3 is 12.4 Å². The molecule has 15 heteroatoms. The van der Waals surface area contributed by atoms with Crippen molar-refractivity contribution in [3.05, 3.63) is 76.0 Å². The number of aromatic nitrogens is 2. The summed E-state index contributed by atoms with van der Waals surface area (Å²) in [5, 5.41) is 4.35. The number of benzene rings is 1. The van der Waals surface area contributed by atoms with E-state index in [-0.39, 0.29) is 24.2 Å². The number of ether oxygens (including phenoxy) is 1. The van der Waals surface area contributed by atoms with Crippen LogP contribution in [-0.4, -0.2) is 47.0 Å². The highest BCUT2D eigenvalue weighted by Crippen LogP contribution is 2.26. The molecule has 1 saturated heterocycles. The lowest BCUT2D eigenvalue weighted by Gasteiger charge is -2.20. The van der Waals surface area contributed by atoms with Gasteiger partial charge in [0.15, 0.2) is 17.3 Å².